The number of anilines is 1. The average Bonchev–Trinajstić information content (AvgIpc) is 2.47. The van der Waals surface area contributed by atoms with E-state index in [4.69, 9.17) is 5.11 Å². The highest BCUT2D eigenvalue weighted by Gasteiger charge is 2.42. The molecule has 0 atom stereocenters. The number of hydrogen-bond donors (Lipinski definition) is 2. The Morgan fingerprint density at radius 2 is 1.70 bits per heavy atom. The standard InChI is InChI=1S/C15H12F3N3O2/c16-10-5-12(18)11(17)4-9(10)15(2-1-3-15)21-14-19-6-8(7-20-14)13(22)23/h4-7H,1-3H2,(H,22,23)(H,19,20,21). The van der Waals surface area contributed by atoms with E-state index >= 15 is 0 Å². The second-order valence-corrected chi connectivity index (χ2v) is 5.41. The van der Waals surface area contributed by atoms with Gasteiger partial charge in [0.2, 0.25) is 5.95 Å². The monoisotopic (exact) mass is 323 g/mol. The first-order chi connectivity index (χ1) is 10.9. The molecule has 2 aromatic rings. The minimum absolute atomic E-state index is 0.00793. The van der Waals surface area contributed by atoms with E-state index in [9.17, 15) is 18.0 Å². The highest BCUT2D eigenvalue weighted by atomic mass is 19.2. The quantitative estimate of drug-likeness (QED) is 0.846. The second kappa shape index (κ2) is 5.53. The number of nitrogens with one attached hydrogen (secondary N) is 1. The van der Waals surface area contributed by atoms with Crippen LogP contribution in [0.3, 0.4) is 0 Å². The summed E-state index contributed by atoms with van der Waals surface area (Å²) in [5.74, 6) is -4.29. The number of hydrogen-bond acceptors (Lipinski definition) is 4. The molecule has 0 radical (unpaired) electrons. The Kier molecular flexibility index (Phi) is 3.67. The molecule has 1 heterocycles. The Labute approximate surface area is 129 Å². The molecule has 0 bridgehead atoms. The topological polar surface area (TPSA) is 75.1 Å². The Balaban J connectivity index is 1.92. The van der Waals surface area contributed by atoms with Crippen LogP contribution in [0.5, 0.6) is 0 Å². The van der Waals surface area contributed by atoms with E-state index in [1.54, 1.807) is 0 Å². The number of benzene rings is 1. The van der Waals surface area contributed by atoms with Crippen molar-refractivity contribution >= 4 is 11.9 Å². The third-order valence-corrected chi connectivity index (χ3v) is 3.98. The number of carboxylic acid groups (broad SMARTS) is 1. The highest BCUT2D eigenvalue weighted by Crippen LogP contribution is 2.44. The fourth-order valence-corrected chi connectivity index (χ4v) is 2.60. The van der Waals surface area contributed by atoms with E-state index in [2.05, 4.69) is 15.3 Å². The van der Waals surface area contributed by atoms with E-state index in [1.807, 2.05) is 0 Å². The van der Waals surface area contributed by atoms with Crippen molar-refractivity contribution in [2.45, 2.75) is 24.8 Å². The van der Waals surface area contributed by atoms with Crippen molar-refractivity contribution in [1.82, 2.24) is 9.97 Å². The first-order valence-electron chi connectivity index (χ1n) is 6.90. The summed E-state index contributed by atoms with van der Waals surface area (Å²) in [4.78, 5) is 18.5. The lowest BCUT2D eigenvalue weighted by atomic mass is 9.71. The molecule has 0 aliphatic heterocycles. The summed E-state index contributed by atoms with van der Waals surface area (Å²) in [5.41, 5.74) is -1.01. The van der Waals surface area contributed by atoms with Crippen LogP contribution in [0, 0.1) is 17.5 Å². The van der Waals surface area contributed by atoms with Gasteiger partial charge in [-0.25, -0.2) is 27.9 Å². The third kappa shape index (κ3) is 2.71. The van der Waals surface area contributed by atoms with Crippen molar-refractivity contribution in [3.05, 3.63) is 53.1 Å². The van der Waals surface area contributed by atoms with Gasteiger partial charge in [0.1, 0.15) is 5.82 Å². The lowest BCUT2D eigenvalue weighted by Gasteiger charge is -2.43. The Hall–Kier alpha value is -2.64. The molecule has 1 aliphatic rings. The maximum atomic E-state index is 14.1. The van der Waals surface area contributed by atoms with Crippen LogP contribution in [0.2, 0.25) is 0 Å². The van der Waals surface area contributed by atoms with Crippen molar-refractivity contribution in [1.29, 1.82) is 0 Å². The lowest BCUT2D eigenvalue weighted by molar-refractivity contribution is 0.0696. The highest BCUT2D eigenvalue weighted by molar-refractivity contribution is 5.86. The van der Waals surface area contributed by atoms with Gasteiger partial charge in [-0.1, -0.05) is 0 Å². The van der Waals surface area contributed by atoms with Crippen molar-refractivity contribution < 1.29 is 23.1 Å². The zero-order valence-corrected chi connectivity index (χ0v) is 11.8. The van der Waals surface area contributed by atoms with Crippen LogP contribution in [0.4, 0.5) is 19.1 Å². The largest absolute Gasteiger partial charge is 0.478 e. The number of halogens is 3. The maximum Gasteiger partial charge on any atom is 0.338 e. The predicted molar refractivity (Wildman–Crippen MR) is 74.5 cm³/mol. The first-order valence-corrected chi connectivity index (χ1v) is 6.90. The molecule has 0 saturated heterocycles. The van der Waals surface area contributed by atoms with Crippen LogP contribution < -0.4 is 5.32 Å². The van der Waals surface area contributed by atoms with Crippen molar-refractivity contribution in [2.75, 3.05) is 5.32 Å². The molecule has 1 aliphatic carbocycles. The Bertz CT molecular complexity index is 761. The normalized spacial score (nSPS) is 15.8. The maximum absolute atomic E-state index is 14.1. The summed E-state index contributed by atoms with van der Waals surface area (Å²) in [6.07, 6.45) is 4.01. The lowest BCUT2D eigenvalue weighted by Crippen LogP contribution is -2.43. The fraction of sp³-hybridized carbons (Fsp3) is 0.267. The molecule has 1 aromatic carbocycles. The Morgan fingerprint density at radius 3 is 2.22 bits per heavy atom. The molecule has 1 saturated carbocycles. The van der Waals surface area contributed by atoms with Gasteiger partial charge in [0.05, 0.1) is 11.1 Å². The van der Waals surface area contributed by atoms with Crippen LogP contribution in [-0.2, 0) is 5.54 Å². The van der Waals surface area contributed by atoms with Gasteiger partial charge in [-0.2, -0.15) is 0 Å². The van der Waals surface area contributed by atoms with Crippen molar-refractivity contribution in [2.24, 2.45) is 0 Å². The molecule has 1 fully saturated rings. The summed E-state index contributed by atoms with van der Waals surface area (Å²) < 4.78 is 40.6. The smallest absolute Gasteiger partial charge is 0.338 e. The SMILES string of the molecule is O=C(O)c1cnc(NC2(c3cc(F)c(F)cc3F)CCC2)nc1. The van der Waals surface area contributed by atoms with Crippen LogP contribution in [0.15, 0.2) is 24.5 Å². The van der Waals surface area contributed by atoms with E-state index in [-0.39, 0.29) is 17.1 Å². The van der Waals surface area contributed by atoms with Crippen molar-refractivity contribution in [3.63, 3.8) is 0 Å². The summed E-state index contributed by atoms with van der Waals surface area (Å²) in [7, 11) is 0. The fourth-order valence-electron chi connectivity index (χ4n) is 2.60. The van der Waals surface area contributed by atoms with Gasteiger partial charge >= 0.3 is 5.97 Å². The number of rotatable bonds is 4. The number of aromatic carboxylic acids is 1. The zero-order valence-electron chi connectivity index (χ0n) is 11.8. The summed E-state index contributed by atoms with van der Waals surface area (Å²) in [5, 5.41) is 11.7. The van der Waals surface area contributed by atoms with Gasteiger partial charge in [0.25, 0.3) is 0 Å². The van der Waals surface area contributed by atoms with Crippen LogP contribution in [-0.4, -0.2) is 21.0 Å². The van der Waals surface area contributed by atoms with E-state index in [0.29, 0.717) is 18.9 Å². The summed E-state index contributed by atoms with van der Waals surface area (Å²) >= 11 is 0. The van der Waals surface area contributed by atoms with Gasteiger partial charge in [-0.15, -0.1) is 0 Å². The van der Waals surface area contributed by atoms with Gasteiger partial charge in [-0.3, -0.25) is 0 Å². The predicted octanol–water partition coefficient (Wildman–Crippen LogP) is 3.08. The Morgan fingerprint density at radius 1 is 1.09 bits per heavy atom. The molecule has 1 aromatic heterocycles. The van der Waals surface area contributed by atoms with E-state index < -0.39 is 29.0 Å². The van der Waals surface area contributed by atoms with Gasteiger partial charge in [-0.05, 0) is 25.3 Å². The summed E-state index contributed by atoms with van der Waals surface area (Å²) in [6, 6.07) is 1.35. The second-order valence-electron chi connectivity index (χ2n) is 5.41. The number of nitrogens with zero attached hydrogens (tertiary/aromatic N) is 2. The van der Waals surface area contributed by atoms with E-state index in [0.717, 1.165) is 24.9 Å². The van der Waals surface area contributed by atoms with Crippen LogP contribution in [0.25, 0.3) is 0 Å². The molecule has 8 heteroatoms. The minimum Gasteiger partial charge on any atom is -0.478 e. The first kappa shape index (κ1) is 15.3. The molecule has 0 spiro atoms. The van der Waals surface area contributed by atoms with Gasteiger partial charge < -0.3 is 10.4 Å². The number of aromatic nitrogens is 2. The molecule has 0 unspecified atom stereocenters. The third-order valence-electron chi connectivity index (χ3n) is 3.98. The van der Waals surface area contributed by atoms with Crippen LogP contribution in [0.1, 0.15) is 35.2 Å². The zero-order chi connectivity index (χ0) is 16.6. The molecule has 5 nitrogen and oxygen atoms in total. The van der Waals surface area contributed by atoms with Crippen molar-refractivity contribution in [3.8, 4) is 0 Å². The van der Waals surface area contributed by atoms with Gasteiger partial charge in [0.15, 0.2) is 11.6 Å². The van der Waals surface area contributed by atoms with Gasteiger partial charge in [0, 0.05) is 24.0 Å². The molecule has 23 heavy (non-hydrogen) atoms. The molecule has 3 rings (SSSR count). The minimum atomic E-state index is -1.25. The molecule has 0 amide bonds. The number of carboxylic acids is 1. The van der Waals surface area contributed by atoms with Crippen LogP contribution >= 0.6 is 0 Å². The molecule has 2 N–H and O–H groups in total. The number of carbonyl (C=O) groups is 1. The molecule has 120 valence electrons. The molecular weight excluding hydrogens is 311 g/mol. The summed E-state index contributed by atoms with van der Waals surface area (Å²) in [6.45, 7) is 0. The van der Waals surface area contributed by atoms with E-state index in [1.165, 1.54) is 0 Å². The average molecular weight is 323 g/mol. The molecular formula is C15H12F3N3O2.